The lowest BCUT2D eigenvalue weighted by Crippen LogP contribution is -2.34. The molecule has 1 atom stereocenters. The first kappa shape index (κ1) is 40.7. The monoisotopic (exact) mass is 746 g/mol. The Balaban J connectivity index is 1.48. The Bertz CT molecular complexity index is 1650. The lowest BCUT2D eigenvalue weighted by atomic mass is 9.79. The van der Waals surface area contributed by atoms with Gasteiger partial charge in [-0.15, -0.1) is 0 Å². The molecule has 4 aliphatic rings. The number of anilines is 2. The number of amides is 2. The zero-order valence-electron chi connectivity index (χ0n) is 32.7. The third-order valence-corrected chi connectivity index (χ3v) is 11.2. The summed E-state index contributed by atoms with van der Waals surface area (Å²) in [4.78, 5) is 68.5. The van der Waals surface area contributed by atoms with Crippen LogP contribution in [0.25, 0.3) is 5.57 Å². The van der Waals surface area contributed by atoms with Gasteiger partial charge in [0, 0.05) is 17.2 Å². The molecule has 0 aromatic heterocycles. The maximum Gasteiger partial charge on any atom is 0.308 e. The Hall–Kier alpha value is -4.48. The summed E-state index contributed by atoms with van der Waals surface area (Å²) in [6, 6.07) is 4.97. The number of aliphatic hydroxyl groups excluding tert-OH is 1. The van der Waals surface area contributed by atoms with Crippen LogP contribution in [0.15, 0.2) is 40.2 Å². The highest BCUT2D eigenvalue weighted by Gasteiger charge is 2.44. The Morgan fingerprint density at radius 2 is 1.50 bits per heavy atom. The minimum Gasteiger partial charge on any atom is -0.506 e. The van der Waals surface area contributed by atoms with E-state index >= 15 is 0 Å². The highest BCUT2D eigenvalue weighted by atomic mass is 16.5. The quantitative estimate of drug-likeness (QED) is 0.117. The van der Waals surface area contributed by atoms with Crippen molar-refractivity contribution in [3.05, 3.63) is 40.7 Å². The predicted octanol–water partition coefficient (Wildman–Crippen LogP) is 7.28. The Morgan fingerprint density at radius 3 is 2.00 bits per heavy atom. The van der Waals surface area contributed by atoms with Gasteiger partial charge in [-0.1, -0.05) is 59.3 Å². The summed E-state index contributed by atoms with van der Waals surface area (Å²) in [6.07, 6.45) is 11.0. The van der Waals surface area contributed by atoms with Gasteiger partial charge in [-0.3, -0.25) is 24.0 Å². The summed E-state index contributed by atoms with van der Waals surface area (Å²) in [5.74, 6) is -2.28. The molecule has 3 aliphatic carbocycles. The molecule has 1 unspecified atom stereocenters. The first-order valence-electron chi connectivity index (χ1n) is 20.2. The highest BCUT2D eigenvalue weighted by molar-refractivity contribution is 6.44. The van der Waals surface area contributed by atoms with E-state index in [2.05, 4.69) is 17.3 Å². The number of esters is 2. The second-order valence-corrected chi connectivity index (χ2v) is 15.2. The van der Waals surface area contributed by atoms with Crippen molar-refractivity contribution in [1.29, 1.82) is 0 Å². The number of nitrogens with one attached hydrogen (secondary N) is 1. The fourth-order valence-corrected chi connectivity index (χ4v) is 7.89. The third kappa shape index (κ3) is 9.06. The molecule has 2 N–H and O–H groups in total. The number of unbranched alkanes of at least 4 members (excludes halogenated alkanes) is 1. The van der Waals surface area contributed by atoms with E-state index in [-0.39, 0.29) is 77.3 Å². The Labute approximate surface area is 319 Å². The largest absolute Gasteiger partial charge is 0.506 e. The maximum atomic E-state index is 13.9. The number of benzene rings is 1. The second kappa shape index (κ2) is 18.7. The van der Waals surface area contributed by atoms with Gasteiger partial charge in [0.2, 0.25) is 11.7 Å². The van der Waals surface area contributed by atoms with Crippen LogP contribution in [0.4, 0.5) is 11.4 Å². The Kier molecular flexibility index (Phi) is 14.1. The summed E-state index contributed by atoms with van der Waals surface area (Å²) in [5.41, 5.74) is 1.79. The number of ether oxygens (including phenoxy) is 2. The van der Waals surface area contributed by atoms with Gasteiger partial charge in [-0.05, 0) is 77.0 Å². The molecule has 0 bridgehead atoms. The summed E-state index contributed by atoms with van der Waals surface area (Å²) in [5, 5.41) is 20.3. The zero-order chi connectivity index (χ0) is 38.9. The molecule has 1 heterocycles. The maximum absolute atomic E-state index is 13.9. The van der Waals surface area contributed by atoms with Crippen LogP contribution >= 0.6 is 0 Å². The number of hydrazone groups is 1. The van der Waals surface area contributed by atoms with Crippen molar-refractivity contribution in [2.75, 3.05) is 36.5 Å². The van der Waals surface area contributed by atoms with E-state index < -0.39 is 11.7 Å². The molecule has 12 nitrogen and oxygen atoms in total. The van der Waals surface area contributed by atoms with E-state index in [0.29, 0.717) is 55.0 Å². The average Bonchev–Trinajstić information content (AvgIpc) is 3.95. The lowest BCUT2D eigenvalue weighted by Gasteiger charge is -2.29. The van der Waals surface area contributed by atoms with Crippen molar-refractivity contribution in [2.24, 2.45) is 22.9 Å². The lowest BCUT2D eigenvalue weighted by molar-refractivity contribution is -0.148. The number of nitrogens with zero attached hydrogens (tertiary/aromatic N) is 3. The van der Waals surface area contributed by atoms with Crippen LogP contribution < -0.4 is 10.2 Å². The molecule has 54 heavy (non-hydrogen) atoms. The fraction of sp³-hybridized carbons (Fsp3) is 0.619. The molecule has 0 saturated heterocycles. The van der Waals surface area contributed by atoms with E-state index in [9.17, 15) is 29.1 Å². The minimum atomic E-state index is -0.501. The molecule has 0 spiro atoms. The predicted molar refractivity (Wildman–Crippen MR) is 208 cm³/mol. The van der Waals surface area contributed by atoms with E-state index in [0.717, 1.165) is 64.2 Å². The first-order valence-corrected chi connectivity index (χ1v) is 20.2. The number of carbonyl (C=O) groups is 5. The van der Waals surface area contributed by atoms with Crippen LogP contribution in [0.5, 0.6) is 0 Å². The number of rotatable bonds is 18. The molecule has 294 valence electrons. The third-order valence-electron chi connectivity index (χ3n) is 11.2. The van der Waals surface area contributed by atoms with Crippen LogP contribution in [0, 0.1) is 17.8 Å². The fourth-order valence-electron chi connectivity index (χ4n) is 7.89. The number of aliphatic hydroxyl groups is 1. The van der Waals surface area contributed by atoms with Gasteiger partial charge in [0.15, 0.2) is 0 Å². The normalized spacial score (nSPS) is 19.7. The molecule has 5 rings (SSSR count). The molecule has 1 aliphatic heterocycles. The molecule has 1 aromatic carbocycles. The molecular weight excluding hydrogens is 688 g/mol. The van der Waals surface area contributed by atoms with E-state index in [1.807, 2.05) is 32.6 Å². The number of hydrogen-bond donors (Lipinski definition) is 2. The Morgan fingerprint density at radius 1 is 0.907 bits per heavy atom. The number of ketones is 1. The van der Waals surface area contributed by atoms with E-state index in [4.69, 9.17) is 9.47 Å². The van der Waals surface area contributed by atoms with E-state index in [1.54, 1.807) is 18.2 Å². The van der Waals surface area contributed by atoms with Gasteiger partial charge < -0.3 is 24.8 Å². The van der Waals surface area contributed by atoms with Crippen molar-refractivity contribution < 1.29 is 38.6 Å². The SMILES string of the molecule is CCCCC(CC)C(=O)Nc1cc(N(CCOC(=O)C2CCCC2)CCOC(=O)C2CCCC2)ccc1C1=C(O)/C(=C2\C(=O)N(C(C)C)N=C2CC)C1=O. The molecule has 2 fully saturated rings. The van der Waals surface area contributed by atoms with Crippen LogP contribution in [-0.2, 0) is 33.4 Å². The summed E-state index contributed by atoms with van der Waals surface area (Å²) in [7, 11) is 0. The van der Waals surface area contributed by atoms with Crippen molar-refractivity contribution in [1.82, 2.24) is 5.01 Å². The van der Waals surface area contributed by atoms with Crippen LogP contribution in [0.2, 0.25) is 0 Å². The van der Waals surface area contributed by atoms with Gasteiger partial charge in [0.05, 0.1) is 59.1 Å². The molecule has 0 radical (unpaired) electrons. The molecule has 2 saturated carbocycles. The molecule has 12 heteroatoms. The van der Waals surface area contributed by atoms with Crippen molar-refractivity contribution in [3.63, 3.8) is 0 Å². The van der Waals surface area contributed by atoms with E-state index in [1.165, 1.54) is 5.01 Å². The number of allylic oxidation sites excluding steroid dienone is 2. The van der Waals surface area contributed by atoms with Crippen molar-refractivity contribution in [2.45, 2.75) is 124 Å². The van der Waals surface area contributed by atoms with Crippen LogP contribution in [0.1, 0.15) is 124 Å². The van der Waals surface area contributed by atoms with Crippen molar-refractivity contribution >= 4 is 52.2 Å². The average molecular weight is 747 g/mol. The standard InChI is InChI=1S/C42H58N4O8/c1-6-9-14-27(7-2)39(49)43-33-25-30(19-20-31(33)34-37(47)36(38(34)48)35-32(8-3)44-46(26(4)5)40(35)50)45(21-23-53-41(51)28-15-10-11-16-28)22-24-54-42(52)29-17-12-13-18-29/h19-20,25-29,47H,6-18,21-24H2,1-5H3,(H,43,49)/b36-35+. The zero-order valence-corrected chi connectivity index (χ0v) is 32.7. The smallest absolute Gasteiger partial charge is 0.308 e. The minimum absolute atomic E-state index is 0.00902. The number of Topliss-reactive ketones (excluding diaryl/α,β-unsaturated/α-hetero) is 1. The second-order valence-electron chi connectivity index (χ2n) is 15.2. The van der Waals surface area contributed by atoms with Gasteiger partial charge in [-0.25, -0.2) is 5.01 Å². The highest BCUT2D eigenvalue weighted by Crippen LogP contribution is 2.43. The molecule has 1 aromatic rings. The van der Waals surface area contributed by atoms with Gasteiger partial charge >= 0.3 is 11.9 Å². The molecular formula is C42H58N4O8. The number of hydrogen-bond acceptors (Lipinski definition) is 10. The topological polar surface area (TPSA) is 155 Å². The number of carbonyl (C=O) groups excluding carboxylic acids is 5. The summed E-state index contributed by atoms with van der Waals surface area (Å²) >= 11 is 0. The summed E-state index contributed by atoms with van der Waals surface area (Å²) in [6.45, 7) is 10.4. The summed E-state index contributed by atoms with van der Waals surface area (Å²) < 4.78 is 11.4. The van der Waals surface area contributed by atoms with Gasteiger partial charge in [0.25, 0.3) is 5.91 Å². The first-order chi connectivity index (χ1) is 26.0. The van der Waals surface area contributed by atoms with Crippen LogP contribution in [0.3, 0.4) is 0 Å². The molecule has 2 amide bonds. The van der Waals surface area contributed by atoms with Crippen molar-refractivity contribution in [3.8, 4) is 0 Å². The van der Waals surface area contributed by atoms with Crippen LogP contribution in [-0.4, -0.2) is 77.7 Å². The van der Waals surface area contributed by atoms with Gasteiger partial charge in [-0.2, -0.15) is 5.10 Å². The van der Waals surface area contributed by atoms with Gasteiger partial charge in [0.1, 0.15) is 19.0 Å².